The molecule has 0 aromatic heterocycles. The quantitative estimate of drug-likeness (QED) is 0.570. The van der Waals surface area contributed by atoms with Crippen LogP contribution in [0.3, 0.4) is 0 Å². The molecule has 1 aliphatic carbocycles. The number of hydrogen-bond donors (Lipinski definition) is 3. The Balaban J connectivity index is 2.48. The highest BCUT2D eigenvalue weighted by atomic mass is 16.4. The summed E-state index contributed by atoms with van der Waals surface area (Å²) in [6.07, 6.45) is 0.766. The number of hydrogen-bond acceptors (Lipinski definition) is 3. The molecule has 4 N–H and O–H groups in total. The number of rotatable bonds is 4. The zero-order valence-electron chi connectivity index (χ0n) is 7.36. The van der Waals surface area contributed by atoms with E-state index in [1.54, 1.807) is 6.92 Å². The second kappa shape index (κ2) is 2.99. The molecule has 1 saturated carbocycles. The highest BCUT2D eigenvalue weighted by molar-refractivity contribution is 5.76. The van der Waals surface area contributed by atoms with Crippen LogP contribution in [0.2, 0.25) is 0 Å². The standard InChI is InChI=1S/C8H13NO4/c1-8(2-4(8)6(10)11)3-5(9)7(12)13/h4-5H,2-3,9H2,1H3,(H,10,11)(H,12,13)/t4-,5-,8-/m0/s1. The fourth-order valence-electron chi connectivity index (χ4n) is 1.61. The Bertz CT molecular complexity index is 253. The summed E-state index contributed by atoms with van der Waals surface area (Å²) < 4.78 is 0. The van der Waals surface area contributed by atoms with Crippen molar-refractivity contribution in [3.8, 4) is 0 Å². The summed E-state index contributed by atoms with van der Waals surface area (Å²) in [6, 6.07) is -0.950. The van der Waals surface area contributed by atoms with Gasteiger partial charge in [-0.25, -0.2) is 0 Å². The lowest BCUT2D eigenvalue weighted by Gasteiger charge is -2.12. The Hall–Kier alpha value is -1.10. The van der Waals surface area contributed by atoms with Crippen LogP contribution in [0.15, 0.2) is 0 Å². The first-order valence-corrected chi connectivity index (χ1v) is 4.08. The molecule has 3 atom stereocenters. The van der Waals surface area contributed by atoms with Crippen molar-refractivity contribution in [1.82, 2.24) is 0 Å². The molecule has 0 bridgehead atoms. The van der Waals surface area contributed by atoms with Crippen LogP contribution in [-0.2, 0) is 9.59 Å². The van der Waals surface area contributed by atoms with Gasteiger partial charge in [0.1, 0.15) is 6.04 Å². The third-order valence-electron chi connectivity index (χ3n) is 2.65. The molecule has 0 amide bonds. The van der Waals surface area contributed by atoms with E-state index in [4.69, 9.17) is 15.9 Å². The lowest BCUT2D eigenvalue weighted by molar-refractivity contribution is -0.141. The van der Waals surface area contributed by atoms with Gasteiger partial charge in [-0.3, -0.25) is 9.59 Å². The fourth-order valence-corrected chi connectivity index (χ4v) is 1.61. The summed E-state index contributed by atoms with van der Waals surface area (Å²) in [5.74, 6) is -2.35. The van der Waals surface area contributed by atoms with Crippen LogP contribution in [0.25, 0.3) is 0 Å². The highest BCUT2D eigenvalue weighted by Crippen LogP contribution is 2.55. The van der Waals surface area contributed by atoms with E-state index in [0.29, 0.717) is 6.42 Å². The van der Waals surface area contributed by atoms with E-state index in [1.807, 2.05) is 0 Å². The second-order valence-electron chi connectivity index (χ2n) is 3.90. The van der Waals surface area contributed by atoms with Gasteiger partial charge in [0, 0.05) is 0 Å². The molecule has 0 saturated heterocycles. The molecule has 0 unspecified atom stereocenters. The lowest BCUT2D eigenvalue weighted by Crippen LogP contribution is -2.33. The maximum absolute atomic E-state index is 10.5. The van der Waals surface area contributed by atoms with E-state index in [9.17, 15) is 9.59 Å². The molecular weight excluding hydrogens is 174 g/mol. The maximum atomic E-state index is 10.5. The molecule has 1 fully saturated rings. The molecule has 13 heavy (non-hydrogen) atoms. The first-order valence-electron chi connectivity index (χ1n) is 4.08. The van der Waals surface area contributed by atoms with Crippen LogP contribution in [0.5, 0.6) is 0 Å². The number of carboxylic acids is 2. The van der Waals surface area contributed by atoms with Crippen LogP contribution < -0.4 is 5.73 Å². The predicted octanol–water partition coefficient (Wildman–Crippen LogP) is -0.101. The van der Waals surface area contributed by atoms with Gasteiger partial charge in [-0.05, 0) is 18.3 Å². The minimum atomic E-state index is -1.07. The first kappa shape index (κ1) is 9.98. The molecule has 0 aromatic carbocycles. The van der Waals surface area contributed by atoms with E-state index in [1.165, 1.54) is 0 Å². The van der Waals surface area contributed by atoms with Crippen molar-refractivity contribution in [2.75, 3.05) is 0 Å². The second-order valence-corrected chi connectivity index (χ2v) is 3.90. The third kappa shape index (κ3) is 1.98. The minimum Gasteiger partial charge on any atom is -0.481 e. The van der Waals surface area contributed by atoms with Crippen molar-refractivity contribution in [3.05, 3.63) is 0 Å². The van der Waals surface area contributed by atoms with E-state index in [-0.39, 0.29) is 6.42 Å². The molecular formula is C8H13NO4. The Morgan fingerprint density at radius 3 is 2.46 bits per heavy atom. The van der Waals surface area contributed by atoms with Gasteiger partial charge in [0.2, 0.25) is 0 Å². The van der Waals surface area contributed by atoms with Crippen molar-refractivity contribution in [1.29, 1.82) is 0 Å². The zero-order chi connectivity index (χ0) is 10.2. The van der Waals surface area contributed by atoms with Gasteiger partial charge in [-0.2, -0.15) is 0 Å². The van der Waals surface area contributed by atoms with Crippen molar-refractivity contribution >= 4 is 11.9 Å². The molecule has 0 heterocycles. The van der Waals surface area contributed by atoms with E-state index in [2.05, 4.69) is 0 Å². The summed E-state index contributed by atoms with van der Waals surface area (Å²) >= 11 is 0. The molecule has 74 valence electrons. The van der Waals surface area contributed by atoms with Gasteiger partial charge in [-0.1, -0.05) is 6.92 Å². The Kier molecular flexibility index (Phi) is 2.30. The number of nitrogens with two attached hydrogens (primary N) is 1. The zero-order valence-corrected chi connectivity index (χ0v) is 7.36. The molecule has 0 radical (unpaired) electrons. The summed E-state index contributed by atoms with van der Waals surface area (Å²) in [6.45, 7) is 1.76. The van der Waals surface area contributed by atoms with Gasteiger partial charge in [-0.15, -0.1) is 0 Å². The topological polar surface area (TPSA) is 101 Å². The molecule has 0 aromatic rings. The van der Waals surface area contributed by atoms with Crippen LogP contribution >= 0.6 is 0 Å². The van der Waals surface area contributed by atoms with Crippen LogP contribution in [-0.4, -0.2) is 28.2 Å². The molecule has 0 aliphatic heterocycles. The largest absolute Gasteiger partial charge is 0.481 e. The maximum Gasteiger partial charge on any atom is 0.320 e. The normalized spacial score (nSPS) is 33.8. The molecule has 1 aliphatic rings. The van der Waals surface area contributed by atoms with Crippen LogP contribution in [0, 0.1) is 11.3 Å². The molecule has 1 rings (SSSR count). The van der Waals surface area contributed by atoms with E-state index < -0.39 is 29.3 Å². The van der Waals surface area contributed by atoms with Crippen LogP contribution in [0.1, 0.15) is 19.8 Å². The predicted molar refractivity (Wildman–Crippen MR) is 44.1 cm³/mol. The number of carboxylic acid groups (broad SMARTS) is 2. The van der Waals surface area contributed by atoms with Gasteiger partial charge in [0.05, 0.1) is 5.92 Å². The molecule has 5 heteroatoms. The number of aliphatic carboxylic acids is 2. The van der Waals surface area contributed by atoms with Gasteiger partial charge in [0.15, 0.2) is 0 Å². The van der Waals surface area contributed by atoms with E-state index in [0.717, 1.165) is 0 Å². The van der Waals surface area contributed by atoms with Gasteiger partial charge >= 0.3 is 11.9 Å². The van der Waals surface area contributed by atoms with Crippen molar-refractivity contribution in [2.24, 2.45) is 17.1 Å². The van der Waals surface area contributed by atoms with Crippen LogP contribution in [0.4, 0.5) is 0 Å². The molecule has 0 spiro atoms. The monoisotopic (exact) mass is 187 g/mol. The first-order chi connectivity index (χ1) is 5.87. The smallest absolute Gasteiger partial charge is 0.320 e. The van der Waals surface area contributed by atoms with Crippen molar-refractivity contribution in [2.45, 2.75) is 25.8 Å². The number of carbonyl (C=O) groups is 2. The molecule has 5 nitrogen and oxygen atoms in total. The van der Waals surface area contributed by atoms with Gasteiger partial charge in [0.25, 0.3) is 0 Å². The summed E-state index contributed by atoms with van der Waals surface area (Å²) in [4.78, 5) is 20.9. The Morgan fingerprint density at radius 1 is 1.62 bits per heavy atom. The average Bonchev–Trinajstić information content (AvgIpc) is 2.62. The SMILES string of the molecule is C[C@@]1(C[C@H](N)C(=O)O)C[C@H]1C(=O)O. The highest BCUT2D eigenvalue weighted by Gasteiger charge is 2.55. The van der Waals surface area contributed by atoms with E-state index >= 15 is 0 Å². The summed E-state index contributed by atoms with van der Waals surface area (Å²) in [7, 11) is 0. The van der Waals surface area contributed by atoms with Gasteiger partial charge < -0.3 is 15.9 Å². The third-order valence-corrected chi connectivity index (χ3v) is 2.65. The lowest BCUT2D eigenvalue weighted by atomic mass is 9.97. The fraction of sp³-hybridized carbons (Fsp3) is 0.750. The van der Waals surface area contributed by atoms with Crippen molar-refractivity contribution in [3.63, 3.8) is 0 Å². The van der Waals surface area contributed by atoms with Crippen molar-refractivity contribution < 1.29 is 19.8 Å². The minimum absolute atomic E-state index is 0.235. The average molecular weight is 187 g/mol. The summed E-state index contributed by atoms with van der Waals surface area (Å²) in [5, 5.41) is 17.2. The Morgan fingerprint density at radius 2 is 2.15 bits per heavy atom. The summed E-state index contributed by atoms with van der Waals surface area (Å²) in [5.41, 5.74) is 4.90. The Labute approximate surface area is 75.5 Å².